The van der Waals surface area contributed by atoms with Crippen molar-refractivity contribution < 1.29 is 134 Å². The lowest BCUT2D eigenvalue weighted by Gasteiger charge is -2.49. The minimum absolute atomic E-state index is 0.825. The van der Waals surface area contributed by atoms with Crippen LogP contribution in [0, 0.1) is 0 Å². The Morgan fingerprint density at radius 3 is 1.18 bits per heavy atom. The van der Waals surface area contributed by atoms with E-state index in [1.165, 1.54) is 0 Å². The number of esters is 10. The minimum Gasteiger partial charge on any atom is -0.480 e. The summed E-state index contributed by atoms with van der Waals surface area (Å²) < 4.78 is 76.0. The molecule has 12 atom stereocenters. The zero-order chi connectivity index (χ0) is 54.8. The molecule has 0 aromatic rings. The van der Waals surface area contributed by atoms with Gasteiger partial charge in [0.1, 0.15) is 50.8 Å². The predicted molar refractivity (Wildman–Crippen MR) is 224 cm³/mol. The number of amides is 2. The standard InChI is InChI=1S/C42H58N2O28/c1-18(45)43-33-27(65-21(4)48)12-41(39(57)59-10,71-37(33)35(69-25(8)52)29(67-23(6)50)14-61-19(2)46)63-16-31(54)44-34-28(66-22(5)49)13-42(40(58)60-11,64-17-32(55)56)72-38(34)36(70-26(9)53)30(68-24(7)51)15-62-20(3)47/h27-30,33-38H,12-17H2,1-11H3,(H,43,45)(H,44,54)(H,55,56)/t27-,28-,29+,30+,33+,34+,35+,36+,37+,38+,41+,42+/m0/s1. The van der Waals surface area contributed by atoms with E-state index in [2.05, 4.69) is 10.6 Å². The molecule has 2 aliphatic heterocycles. The van der Waals surface area contributed by atoms with E-state index < -0.39 is 189 Å². The first-order valence-electron chi connectivity index (χ1n) is 21.4. The van der Waals surface area contributed by atoms with Crippen LogP contribution in [-0.4, -0.2) is 196 Å². The molecule has 30 heteroatoms. The Hall–Kier alpha value is -7.05. The Balaban J connectivity index is 2.96. The maximum absolute atomic E-state index is 14.3. The summed E-state index contributed by atoms with van der Waals surface area (Å²) >= 11 is 0. The molecule has 0 spiro atoms. The van der Waals surface area contributed by atoms with Crippen molar-refractivity contribution in [2.24, 2.45) is 0 Å². The fraction of sp³-hybridized carbons (Fsp3) is 0.690. The van der Waals surface area contributed by atoms with Gasteiger partial charge in [-0.25, -0.2) is 14.4 Å². The zero-order valence-electron chi connectivity index (χ0n) is 41.0. The molecule has 2 aliphatic rings. The fourth-order valence-electron chi connectivity index (χ4n) is 7.45. The summed E-state index contributed by atoms with van der Waals surface area (Å²) in [6.07, 6.45) is -17.6. The van der Waals surface area contributed by atoms with E-state index in [0.29, 0.717) is 0 Å². The number of hydrogen-bond donors (Lipinski definition) is 3. The van der Waals surface area contributed by atoms with Crippen LogP contribution in [0.15, 0.2) is 0 Å². The van der Waals surface area contributed by atoms with Gasteiger partial charge in [0, 0.05) is 62.3 Å². The van der Waals surface area contributed by atoms with Gasteiger partial charge in [0.2, 0.25) is 11.8 Å². The number of aliphatic carboxylic acids is 1. The largest absolute Gasteiger partial charge is 0.480 e. The fourth-order valence-corrected chi connectivity index (χ4v) is 7.45. The molecule has 0 aromatic carbocycles. The second-order valence-electron chi connectivity index (χ2n) is 15.7. The zero-order valence-corrected chi connectivity index (χ0v) is 41.0. The Morgan fingerprint density at radius 2 is 0.875 bits per heavy atom. The van der Waals surface area contributed by atoms with Crippen LogP contribution >= 0.6 is 0 Å². The maximum atomic E-state index is 14.3. The van der Waals surface area contributed by atoms with Crippen molar-refractivity contribution in [3.8, 4) is 0 Å². The lowest BCUT2D eigenvalue weighted by atomic mass is 9.87. The van der Waals surface area contributed by atoms with Gasteiger partial charge in [0.25, 0.3) is 11.6 Å². The monoisotopic (exact) mass is 1040 g/mol. The van der Waals surface area contributed by atoms with E-state index >= 15 is 0 Å². The van der Waals surface area contributed by atoms with Crippen LogP contribution in [0.1, 0.15) is 75.2 Å². The second kappa shape index (κ2) is 27.5. The molecule has 0 radical (unpaired) electrons. The van der Waals surface area contributed by atoms with E-state index in [1.54, 1.807) is 0 Å². The van der Waals surface area contributed by atoms with E-state index in [9.17, 15) is 67.4 Å². The molecular weight excluding hydrogens is 980 g/mol. The first kappa shape index (κ1) is 61.1. The summed E-state index contributed by atoms with van der Waals surface area (Å²) in [5, 5.41) is 14.4. The highest BCUT2D eigenvalue weighted by Crippen LogP contribution is 2.39. The summed E-state index contributed by atoms with van der Waals surface area (Å²) in [6.45, 7) is 3.92. The molecule has 404 valence electrons. The summed E-state index contributed by atoms with van der Waals surface area (Å²) in [7, 11) is 1.66. The number of rotatable bonds is 24. The molecule has 0 saturated carbocycles. The molecule has 2 fully saturated rings. The molecule has 0 unspecified atom stereocenters. The van der Waals surface area contributed by atoms with Crippen molar-refractivity contribution in [3.05, 3.63) is 0 Å². The average Bonchev–Trinajstić information content (AvgIpc) is 3.26. The first-order valence-corrected chi connectivity index (χ1v) is 21.4. The highest BCUT2D eigenvalue weighted by Gasteiger charge is 2.62. The molecule has 0 bridgehead atoms. The van der Waals surface area contributed by atoms with Gasteiger partial charge in [-0.1, -0.05) is 0 Å². The van der Waals surface area contributed by atoms with Crippen molar-refractivity contribution >= 4 is 77.5 Å². The molecule has 3 N–H and O–H groups in total. The van der Waals surface area contributed by atoms with E-state index in [1.807, 2.05) is 0 Å². The quantitative estimate of drug-likeness (QED) is 0.0646. The average molecular weight is 1040 g/mol. The molecule has 0 aromatic heterocycles. The van der Waals surface area contributed by atoms with Crippen LogP contribution in [0.5, 0.6) is 0 Å². The predicted octanol–water partition coefficient (Wildman–Crippen LogP) is -2.87. The molecule has 72 heavy (non-hydrogen) atoms. The van der Waals surface area contributed by atoms with Crippen LogP contribution in [-0.2, 0) is 129 Å². The number of carbonyl (C=O) groups is 13. The van der Waals surface area contributed by atoms with Crippen LogP contribution in [0.4, 0.5) is 0 Å². The van der Waals surface area contributed by atoms with Gasteiger partial charge in [-0.3, -0.25) is 47.9 Å². The highest BCUT2D eigenvalue weighted by atomic mass is 16.8. The first-order chi connectivity index (χ1) is 33.5. The van der Waals surface area contributed by atoms with Gasteiger partial charge in [0.05, 0.1) is 39.1 Å². The number of nitrogens with one attached hydrogen (secondary N) is 2. The third-order valence-corrected chi connectivity index (χ3v) is 9.81. The van der Waals surface area contributed by atoms with Crippen molar-refractivity contribution in [1.29, 1.82) is 0 Å². The topological polar surface area (TPSA) is 395 Å². The molecule has 2 rings (SSSR count). The number of hydrogen-bond acceptors (Lipinski definition) is 27. The Labute approximate surface area is 409 Å². The SMILES string of the molecule is COC(=O)[C@@]1(OCC(=O)N[C@H]2[C@H]([C@H](OC(C)=O)[C@@H](COC(C)=O)OC(C)=O)O[C@@](OCC(=O)O)(C(=O)OC)C[C@@H]2OC(C)=O)C[C@H](OC(C)=O)[C@@H](NC(C)=O)[C@H]([C@H](OC(C)=O)[C@@H](COC(C)=O)OC(C)=O)O1. The van der Waals surface area contributed by atoms with Gasteiger partial charge < -0.3 is 82.1 Å². The van der Waals surface area contributed by atoms with Crippen LogP contribution in [0.3, 0.4) is 0 Å². The lowest BCUT2D eigenvalue weighted by Crippen LogP contribution is -2.70. The van der Waals surface area contributed by atoms with E-state index in [4.69, 9.17) is 66.3 Å². The summed E-state index contributed by atoms with van der Waals surface area (Å²) in [4.78, 5) is 166. The van der Waals surface area contributed by atoms with Crippen molar-refractivity contribution in [1.82, 2.24) is 10.6 Å². The number of carboxylic acids is 1. The maximum Gasteiger partial charge on any atom is 0.366 e. The Morgan fingerprint density at radius 1 is 0.514 bits per heavy atom. The Bertz CT molecular complexity index is 2060. The van der Waals surface area contributed by atoms with Crippen LogP contribution in [0.25, 0.3) is 0 Å². The van der Waals surface area contributed by atoms with Crippen molar-refractivity contribution in [2.45, 2.75) is 148 Å². The summed E-state index contributed by atoms with van der Waals surface area (Å²) in [5.74, 6) is -21.1. The lowest BCUT2D eigenvalue weighted by molar-refractivity contribution is -0.315. The minimum atomic E-state index is -2.96. The number of methoxy groups -OCH3 is 2. The molecular formula is C42H58N2O28. The number of ether oxygens (including phenoxy) is 14. The van der Waals surface area contributed by atoms with Gasteiger partial charge >= 0.3 is 65.7 Å². The third kappa shape index (κ3) is 18.3. The Kier molecular flexibility index (Phi) is 23.3. The number of carboxylic acid groups (broad SMARTS) is 1. The molecule has 2 saturated heterocycles. The normalized spacial score (nSPS) is 25.1. The van der Waals surface area contributed by atoms with E-state index in [-0.39, 0.29) is 0 Å². The van der Waals surface area contributed by atoms with Crippen molar-refractivity contribution in [3.63, 3.8) is 0 Å². The van der Waals surface area contributed by atoms with Gasteiger partial charge in [-0.05, 0) is 0 Å². The molecule has 30 nitrogen and oxygen atoms in total. The smallest absolute Gasteiger partial charge is 0.366 e. The van der Waals surface area contributed by atoms with E-state index in [0.717, 1.165) is 76.5 Å². The second-order valence-corrected chi connectivity index (χ2v) is 15.7. The van der Waals surface area contributed by atoms with Gasteiger partial charge in [-0.15, -0.1) is 0 Å². The number of carbonyl (C=O) groups excluding carboxylic acids is 12. The van der Waals surface area contributed by atoms with Crippen molar-refractivity contribution in [2.75, 3.05) is 40.6 Å². The molecule has 2 amide bonds. The highest BCUT2D eigenvalue weighted by molar-refractivity contribution is 5.82. The van der Waals surface area contributed by atoms with Gasteiger partial charge in [-0.2, -0.15) is 0 Å². The molecule has 2 heterocycles. The summed E-state index contributed by atoms with van der Waals surface area (Å²) in [5.41, 5.74) is 0. The third-order valence-electron chi connectivity index (χ3n) is 9.81. The van der Waals surface area contributed by atoms with Gasteiger partial charge in [0.15, 0.2) is 24.4 Å². The molecule has 0 aliphatic carbocycles. The van der Waals surface area contributed by atoms with Crippen LogP contribution in [0.2, 0.25) is 0 Å². The summed E-state index contributed by atoms with van der Waals surface area (Å²) in [6, 6.07) is -3.58. The van der Waals surface area contributed by atoms with Crippen LogP contribution < -0.4 is 10.6 Å².